The minimum absolute atomic E-state index is 0.0361. The Hall–Kier alpha value is -2.47. The van der Waals surface area contributed by atoms with E-state index in [-0.39, 0.29) is 18.6 Å². The van der Waals surface area contributed by atoms with Gasteiger partial charge in [-0.1, -0.05) is 0 Å². The van der Waals surface area contributed by atoms with Crippen LogP contribution in [0, 0.1) is 19.8 Å². The van der Waals surface area contributed by atoms with Crippen molar-refractivity contribution in [3.63, 3.8) is 0 Å². The SMILES string of the molecule is Cc1cc(CC2CCCN([C@@H](C)c3ccc4c(n3)OCC(=O)N4)C2)cc(C)n1. The molecule has 4 heterocycles. The number of likely N-dealkylation sites (tertiary alicyclic amines) is 1. The van der Waals surface area contributed by atoms with Crippen molar-refractivity contribution in [1.82, 2.24) is 14.9 Å². The van der Waals surface area contributed by atoms with Crippen molar-refractivity contribution in [3.8, 4) is 5.88 Å². The van der Waals surface area contributed by atoms with E-state index in [9.17, 15) is 4.79 Å². The van der Waals surface area contributed by atoms with Crippen molar-refractivity contribution in [3.05, 3.63) is 46.9 Å². The van der Waals surface area contributed by atoms with Gasteiger partial charge in [0.25, 0.3) is 5.91 Å². The number of fused-ring (bicyclic) bond motifs is 1. The summed E-state index contributed by atoms with van der Waals surface area (Å²) < 4.78 is 5.49. The second kappa shape index (κ2) is 7.87. The third-order valence-electron chi connectivity index (χ3n) is 5.69. The van der Waals surface area contributed by atoms with Crippen LogP contribution in [0.3, 0.4) is 0 Å². The van der Waals surface area contributed by atoms with Crippen LogP contribution in [0.4, 0.5) is 5.69 Å². The van der Waals surface area contributed by atoms with Gasteiger partial charge in [0.2, 0.25) is 5.88 Å². The van der Waals surface area contributed by atoms with Gasteiger partial charge in [-0.05, 0) is 82.3 Å². The molecule has 1 amide bonds. The third-order valence-corrected chi connectivity index (χ3v) is 5.69. The quantitative estimate of drug-likeness (QED) is 0.880. The fourth-order valence-electron chi connectivity index (χ4n) is 4.39. The van der Waals surface area contributed by atoms with E-state index in [2.05, 4.69) is 53.1 Å². The lowest BCUT2D eigenvalue weighted by Gasteiger charge is -2.37. The molecule has 0 saturated carbocycles. The number of rotatable bonds is 4. The summed E-state index contributed by atoms with van der Waals surface area (Å²) in [6.07, 6.45) is 3.56. The van der Waals surface area contributed by atoms with Crippen molar-refractivity contribution in [2.24, 2.45) is 5.92 Å². The van der Waals surface area contributed by atoms with Crippen LogP contribution in [-0.4, -0.2) is 40.5 Å². The van der Waals surface area contributed by atoms with Crippen LogP contribution < -0.4 is 10.1 Å². The van der Waals surface area contributed by atoms with Crippen molar-refractivity contribution < 1.29 is 9.53 Å². The van der Waals surface area contributed by atoms with Crippen LogP contribution in [0.15, 0.2) is 24.3 Å². The van der Waals surface area contributed by atoms with E-state index < -0.39 is 0 Å². The molecular weight excluding hydrogens is 352 g/mol. The second-order valence-electron chi connectivity index (χ2n) is 8.07. The first-order valence-electron chi connectivity index (χ1n) is 10.1. The van der Waals surface area contributed by atoms with Crippen LogP contribution in [0.1, 0.15) is 48.5 Å². The number of piperidine rings is 1. The monoisotopic (exact) mass is 380 g/mol. The van der Waals surface area contributed by atoms with Gasteiger partial charge in [0.05, 0.1) is 5.69 Å². The molecule has 2 aromatic heterocycles. The minimum atomic E-state index is -0.129. The summed E-state index contributed by atoms with van der Waals surface area (Å²) in [6, 6.07) is 8.54. The highest BCUT2D eigenvalue weighted by molar-refractivity contribution is 5.94. The summed E-state index contributed by atoms with van der Waals surface area (Å²) in [5.41, 5.74) is 5.24. The molecule has 6 heteroatoms. The van der Waals surface area contributed by atoms with Crippen molar-refractivity contribution in [2.45, 2.75) is 46.1 Å². The Balaban J connectivity index is 1.44. The van der Waals surface area contributed by atoms with E-state index in [1.54, 1.807) is 0 Å². The standard InChI is InChI=1S/C22H28N4O2/c1-14-9-18(10-15(2)23-14)11-17-5-4-8-26(12-17)16(3)19-6-7-20-22(25-19)28-13-21(27)24-20/h6-7,9-10,16-17H,4-5,8,11-13H2,1-3H3,(H,24,27)/t16-,17?/m0/s1. The molecule has 0 spiro atoms. The summed E-state index contributed by atoms with van der Waals surface area (Å²) in [5, 5.41) is 2.80. The Labute approximate surface area is 166 Å². The maximum Gasteiger partial charge on any atom is 0.262 e. The Morgan fingerprint density at radius 2 is 2.04 bits per heavy atom. The van der Waals surface area contributed by atoms with Gasteiger partial charge in [-0.2, -0.15) is 0 Å². The molecule has 2 aromatic rings. The highest BCUT2D eigenvalue weighted by Crippen LogP contribution is 2.31. The number of hydrogen-bond donors (Lipinski definition) is 1. The highest BCUT2D eigenvalue weighted by Gasteiger charge is 2.27. The molecule has 1 unspecified atom stereocenters. The van der Waals surface area contributed by atoms with Crippen LogP contribution in [0.2, 0.25) is 0 Å². The first-order chi connectivity index (χ1) is 13.5. The summed E-state index contributed by atoms with van der Waals surface area (Å²) in [7, 11) is 0. The number of nitrogens with one attached hydrogen (secondary N) is 1. The number of hydrogen-bond acceptors (Lipinski definition) is 5. The van der Waals surface area contributed by atoms with Gasteiger partial charge in [0, 0.05) is 24.0 Å². The normalized spacial score (nSPS) is 20.8. The molecule has 1 N–H and O–H groups in total. The molecule has 1 saturated heterocycles. The molecule has 4 rings (SSSR count). The molecular formula is C22H28N4O2. The van der Waals surface area contributed by atoms with Gasteiger partial charge < -0.3 is 10.1 Å². The number of amides is 1. The Bertz CT molecular complexity index is 863. The molecule has 0 bridgehead atoms. The number of carbonyl (C=O) groups is 1. The number of nitrogens with zero attached hydrogens (tertiary/aromatic N) is 3. The minimum Gasteiger partial charge on any atom is -0.466 e. The molecule has 0 radical (unpaired) electrons. The fraction of sp³-hybridized carbons (Fsp3) is 0.500. The zero-order valence-corrected chi connectivity index (χ0v) is 16.9. The number of carbonyl (C=O) groups excluding carboxylic acids is 1. The third kappa shape index (κ3) is 4.17. The predicted octanol–water partition coefficient (Wildman–Crippen LogP) is 3.44. The zero-order valence-electron chi connectivity index (χ0n) is 16.9. The van der Waals surface area contributed by atoms with E-state index >= 15 is 0 Å². The number of pyridine rings is 2. The van der Waals surface area contributed by atoms with Crippen molar-refractivity contribution in [2.75, 3.05) is 25.0 Å². The lowest BCUT2D eigenvalue weighted by atomic mass is 9.90. The number of anilines is 1. The second-order valence-corrected chi connectivity index (χ2v) is 8.07. The zero-order chi connectivity index (χ0) is 19.7. The van der Waals surface area contributed by atoms with Gasteiger partial charge in [0.1, 0.15) is 5.69 Å². The Morgan fingerprint density at radius 1 is 1.25 bits per heavy atom. The average Bonchev–Trinajstić information content (AvgIpc) is 2.66. The lowest BCUT2D eigenvalue weighted by Crippen LogP contribution is -2.38. The molecule has 6 nitrogen and oxygen atoms in total. The van der Waals surface area contributed by atoms with Crippen molar-refractivity contribution >= 4 is 11.6 Å². The summed E-state index contributed by atoms with van der Waals surface area (Å²) in [6.45, 7) is 8.53. The van der Waals surface area contributed by atoms with Crippen LogP contribution in [0.5, 0.6) is 5.88 Å². The number of aromatic nitrogens is 2. The summed E-state index contributed by atoms with van der Waals surface area (Å²) >= 11 is 0. The fourth-order valence-corrected chi connectivity index (χ4v) is 4.39. The highest BCUT2D eigenvalue weighted by atomic mass is 16.5. The maximum absolute atomic E-state index is 11.4. The van der Waals surface area contributed by atoms with E-state index in [4.69, 9.17) is 4.74 Å². The van der Waals surface area contributed by atoms with Gasteiger partial charge in [0.15, 0.2) is 6.61 Å². The molecule has 0 aliphatic carbocycles. The van der Waals surface area contributed by atoms with Gasteiger partial charge >= 0.3 is 0 Å². The molecule has 2 aliphatic rings. The topological polar surface area (TPSA) is 67.4 Å². The molecule has 148 valence electrons. The van der Waals surface area contributed by atoms with Crippen molar-refractivity contribution in [1.29, 1.82) is 0 Å². The first-order valence-corrected chi connectivity index (χ1v) is 10.1. The molecule has 2 aliphatic heterocycles. The average molecular weight is 380 g/mol. The molecule has 0 aromatic carbocycles. The molecule has 2 atom stereocenters. The van der Waals surface area contributed by atoms with Crippen LogP contribution >= 0.6 is 0 Å². The summed E-state index contributed by atoms with van der Waals surface area (Å²) in [4.78, 5) is 23.1. The summed E-state index contributed by atoms with van der Waals surface area (Å²) in [5.74, 6) is 1.04. The van der Waals surface area contributed by atoms with Gasteiger partial charge in [-0.15, -0.1) is 0 Å². The largest absolute Gasteiger partial charge is 0.466 e. The predicted molar refractivity (Wildman–Crippen MR) is 108 cm³/mol. The molecule has 1 fully saturated rings. The van der Waals surface area contributed by atoms with Gasteiger partial charge in [-0.25, -0.2) is 4.98 Å². The number of aryl methyl sites for hydroxylation is 2. The first kappa shape index (κ1) is 18.9. The lowest BCUT2D eigenvalue weighted by molar-refractivity contribution is -0.118. The number of ether oxygens (including phenoxy) is 1. The van der Waals surface area contributed by atoms with E-state index in [0.29, 0.717) is 17.5 Å². The molecule has 28 heavy (non-hydrogen) atoms. The van der Waals surface area contributed by atoms with E-state index in [1.165, 1.54) is 18.4 Å². The van der Waals surface area contributed by atoms with Crippen LogP contribution in [0.25, 0.3) is 0 Å². The smallest absolute Gasteiger partial charge is 0.262 e. The van der Waals surface area contributed by atoms with Crippen LogP contribution in [-0.2, 0) is 11.2 Å². The Morgan fingerprint density at radius 3 is 2.82 bits per heavy atom. The van der Waals surface area contributed by atoms with Gasteiger partial charge in [-0.3, -0.25) is 14.7 Å². The maximum atomic E-state index is 11.4. The Kier molecular flexibility index (Phi) is 5.31. The van der Waals surface area contributed by atoms with E-state index in [1.807, 2.05) is 12.1 Å². The van der Waals surface area contributed by atoms with E-state index in [0.717, 1.165) is 36.6 Å².